The summed E-state index contributed by atoms with van der Waals surface area (Å²) in [5, 5.41) is 8.94. The summed E-state index contributed by atoms with van der Waals surface area (Å²) >= 11 is 0. The number of amides is 1. The highest BCUT2D eigenvalue weighted by Gasteiger charge is 2.39. The smallest absolute Gasteiger partial charge is 0.410 e. The normalized spacial score (nSPS) is 23.5. The highest BCUT2D eigenvalue weighted by atomic mass is 16.6. The SMILES string of the molecule is CCCC1[C@@H](CC(=O)O)CCN1C(=O)OC(C)(C)C. The third kappa shape index (κ3) is 4.73. The van der Waals surface area contributed by atoms with Crippen LogP contribution in [0.15, 0.2) is 0 Å². The molecule has 1 heterocycles. The molecule has 1 amide bonds. The number of carbonyl (C=O) groups is 2. The minimum atomic E-state index is -0.794. The molecule has 5 nitrogen and oxygen atoms in total. The summed E-state index contributed by atoms with van der Waals surface area (Å²) in [6.07, 6.45) is 2.32. The van der Waals surface area contributed by atoms with E-state index >= 15 is 0 Å². The van der Waals surface area contributed by atoms with Crippen LogP contribution in [0, 0.1) is 5.92 Å². The van der Waals surface area contributed by atoms with Gasteiger partial charge in [-0.2, -0.15) is 0 Å². The fourth-order valence-electron chi connectivity index (χ4n) is 2.61. The molecule has 1 aliphatic heterocycles. The van der Waals surface area contributed by atoms with E-state index in [2.05, 4.69) is 0 Å². The van der Waals surface area contributed by atoms with Crippen LogP contribution in [-0.2, 0) is 9.53 Å². The minimum absolute atomic E-state index is 0.00375. The number of likely N-dealkylation sites (tertiary alicyclic amines) is 1. The molecule has 110 valence electrons. The van der Waals surface area contributed by atoms with E-state index in [0.29, 0.717) is 6.54 Å². The number of hydrogen-bond donors (Lipinski definition) is 1. The van der Waals surface area contributed by atoms with E-state index < -0.39 is 11.6 Å². The summed E-state index contributed by atoms with van der Waals surface area (Å²) in [6, 6.07) is -0.00375. The molecule has 1 rings (SSSR count). The third-order valence-electron chi connectivity index (χ3n) is 3.33. The van der Waals surface area contributed by atoms with Gasteiger partial charge < -0.3 is 14.7 Å². The molecular weight excluding hydrogens is 246 g/mol. The van der Waals surface area contributed by atoms with Crippen molar-refractivity contribution in [2.45, 2.75) is 65.0 Å². The fourth-order valence-corrected chi connectivity index (χ4v) is 2.61. The van der Waals surface area contributed by atoms with Gasteiger partial charge in [-0.05, 0) is 39.5 Å². The van der Waals surface area contributed by atoms with Crippen molar-refractivity contribution in [1.29, 1.82) is 0 Å². The largest absolute Gasteiger partial charge is 0.481 e. The van der Waals surface area contributed by atoms with Crippen molar-refractivity contribution >= 4 is 12.1 Å². The lowest BCUT2D eigenvalue weighted by Gasteiger charge is -2.30. The molecule has 0 radical (unpaired) electrons. The topological polar surface area (TPSA) is 66.8 Å². The molecule has 19 heavy (non-hydrogen) atoms. The van der Waals surface area contributed by atoms with Crippen LogP contribution in [0.5, 0.6) is 0 Å². The molecule has 0 aromatic heterocycles. The second-order valence-corrected chi connectivity index (χ2v) is 6.18. The Hall–Kier alpha value is -1.26. The van der Waals surface area contributed by atoms with Crippen LogP contribution in [0.1, 0.15) is 53.4 Å². The fraction of sp³-hybridized carbons (Fsp3) is 0.857. The van der Waals surface area contributed by atoms with Gasteiger partial charge in [0.1, 0.15) is 5.60 Å². The molecule has 2 atom stereocenters. The van der Waals surface area contributed by atoms with Crippen LogP contribution in [0.25, 0.3) is 0 Å². The van der Waals surface area contributed by atoms with E-state index in [0.717, 1.165) is 19.3 Å². The average Bonchev–Trinajstić information content (AvgIpc) is 2.59. The minimum Gasteiger partial charge on any atom is -0.481 e. The lowest BCUT2D eigenvalue weighted by molar-refractivity contribution is -0.138. The van der Waals surface area contributed by atoms with Crippen molar-refractivity contribution in [3.05, 3.63) is 0 Å². The Balaban J connectivity index is 2.72. The van der Waals surface area contributed by atoms with Crippen molar-refractivity contribution < 1.29 is 19.4 Å². The molecule has 5 heteroatoms. The van der Waals surface area contributed by atoms with E-state index in [1.165, 1.54) is 0 Å². The Morgan fingerprint density at radius 1 is 1.37 bits per heavy atom. The first-order chi connectivity index (χ1) is 8.74. The van der Waals surface area contributed by atoms with Gasteiger partial charge in [-0.1, -0.05) is 13.3 Å². The number of carbonyl (C=O) groups excluding carboxylic acids is 1. The number of aliphatic carboxylic acids is 1. The zero-order chi connectivity index (χ0) is 14.6. The Labute approximate surface area is 114 Å². The van der Waals surface area contributed by atoms with Gasteiger partial charge in [0.15, 0.2) is 0 Å². The molecule has 1 saturated heterocycles. The van der Waals surface area contributed by atoms with Crippen LogP contribution >= 0.6 is 0 Å². The van der Waals surface area contributed by atoms with E-state index in [-0.39, 0.29) is 24.5 Å². The molecule has 0 bridgehead atoms. The lowest BCUT2D eigenvalue weighted by Crippen LogP contribution is -2.41. The molecule has 0 aliphatic carbocycles. The number of carboxylic acid groups (broad SMARTS) is 1. The number of hydrogen-bond acceptors (Lipinski definition) is 3. The summed E-state index contributed by atoms with van der Waals surface area (Å²) in [5.41, 5.74) is -0.515. The van der Waals surface area contributed by atoms with Gasteiger partial charge in [0.05, 0.1) is 6.42 Å². The third-order valence-corrected chi connectivity index (χ3v) is 3.33. The van der Waals surface area contributed by atoms with E-state index in [1.54, 1.807) is 4.90 Å². The van der Waals surface area contributed by atoms with Gasteiger partial charge in [-0.25, -0.2) is 4.79 Å². The first-order valence-electron chi connectivity index (χ1n) is 6.96. The molecule has 1 fully saturated rings. The molecule has 1 unspecified atom stereocenters. The van der Waals surface area contributed by atoms with Crippen LogP contribution in [-0.4, -0.2) is 40.3 Å². The summed E-state index contributed by atoms with van der Waals surface area (Å²) in [7, 11) is 0. The summed E-state index contributed by atoms with van der Waals surface area (Å²) in [5.74, 6) is -0.748. The number of ether oxygens (including phenoxy) is 1. The summed E-state index contributed by atoms with van der Waals surface area (Å²) in [4.78, 5) is 24.7. The molecule has 1 aliphatic rings. The molecule has 1 N–H and O–H groups in total. The van der Waals surface area contributed by atoms with Crippen LogP contribution < -0.4 is 0 Å². The number of carboxylic acids is 1. The van der Waals surface area contributed by atoms with Crippen LogP contribution in [0.2, 0.25) is 0 Å². The Morgan fingerprint density at radius 2 is 2.00 bits per heavy atom. The zero-order valence-electron chi connectivity index (χ0n) is 12.3. The van der Waals surface area contributed by atoms with E-state index in [4.69, 9.17) is 9.84 Å². The Bertz CT molecular complexity index is 335. The van der Waals surface area contributed by atoms with Crippen molar-refractivity contribution in [3.8, 4) is 0 Å². The molecule has 0 aromatic rings. The molecule has 0 aromatic carbocycles. The maximum atomic E-state index is 12.1. The van der Waals surface area contributed by atoms with Gasteiger partial charge in [-0.15, -0.1) is 0 Å². The van der Waals surface area contributed by atoms with Gasteiger partial charge in [0.25, 0.3) is 0 Å². The van der Waals surface area contributed by atoms with Crippen LogP contribution in [0.4, 0.5) is 4.79 Å². The quantitative estimate of drug-likeness (QED) is 0.853. The van der Waals surface area contributed by atoms with Crippen molar-refractivity contribution in [2.24, 2.45) is 5.92 Å². The molecular formula is C14H25NO4. The zero-order valence-corrected chi connectivity index (χ0v) is 12.3. The van der Waals surface area contributed by atoms with Crippen molar-refractivity contribution in [2.75, 3.05) is 6.54 Å². The monoisotopic (exact) mass is 271 g/mol. The summed E-state index contributed by atoms with van der Waals surface area (Å²) < 4.78 is 5.39. The Morgan fingerprint density at radius 3 is 2.47 bits per heavy atom. The second kappa shape index (κ2) is 6.26. The first kappa shape index (κ1) is 15.8. The van der Waals surface area contributed by atoms with Gasteiger partial charge in [0, 0.05) is 12.6 Å². The lowest BCUT2D eigenvalue weighted by atomic mass is 9.93. The van der Waals surface area contributed by atoms with E-state index in [9.17, 15) is 9.59 Å². The van der Waals surface area contributed by atoms with Crippen molar-refractivity contribution in [3.63, 3.8) is 0 Å². The van der Waals surface area contributed by atoms with Gasteiger partial charge >= 0.3 is 12.1 Å². The highest BCUT2D eigenvalue weighted by molar-refractivity contribution is 5.70. The van der Waals surface area contributed by atoms with Gasteiger partial charge in [0.2, 0.25) is 0 Å². The number of nitrogens with zero attached hydrogens (tertiary/aromatic N) is 1. The molecule has 0 spiro atoms. The predicted octanol–water partition coefficient (Wildman–Crippen LogP) is 2.89. The average molecular weight is 271 g/mol. The Kier molecular flexibility index (Phi) is 5.20. The van der Waals surface area contributed by atoms with Crippen molar-refractivity contribution in [1.82, 2.24) is 4.90 Å². The molecule has 0 saturated carbocycles. The first-order valence-corrected chi connectivity index (χ1v) is 6.96. The predicted molar refractivity (Wildman–Crippen MR) is 72.0 cm³/mol. The maximum absolute atomic E-state index is 12.1. The second-order valence-electron chi connectivity index (χ2n) is 6.18. The number of rotatable bonds is 4. The maximum Gasteiger partial charge on any atom is 0.410 e. The standard InChI is InChI=1S/C14H25NO4/c1-5-6-11-10(9-12(16)17)7-8-15(11)13(18)19-14(2,3)4/h10-11H,5-9H2,1-4H3,(H,16,17)/t10-,11?/m1/s1. The van der Waals surface area contributed by atoms with Crippen LogP contribution in [0.3, 0.4) is 0 Å². The van der Waals surface area contributed by atoms with Gasteiger partial charge in [-0.3, -0.25) is 4.79 Å². The van der Waals surface area contributed by atoms with E-state index in [1.807, 2.05) is 27.7 Å². The highest BCUT2D eigenvalue weighted by Crippen LogP contribution is 2.31. The summed E-state index contributed by atoms with van der Waals surface area (Å²) in [6.45, 7) is 8.15.